The van der Waals surface area contributed by atoms with Crippen LogP contribution in [-0.2, 0) is 6.42 Å². The Morgan fingerprint density at radius 3 is 2.73 bits per heavy atom. The zero-order valence-corrected chi connectivity index (χ0v) is 8.34. The molecule has 0 amide bonds. The van der Waals surface area contributed by atoms with Gasteiger partial charge in [0.25, 0.3) is 6.43 Å². The van der Waals surface area contributed by atoms with Crippen LogP contribution < -0.4 is 4.74 Å². The van der Waals surface area contributed by atoms with Gasteiger partial charge in [-0.25, -0.2) is 8.78 Å². The Morgan fingerprint density at radius 2 is 2.20 bits per heavy atom. The first kappa shape index (κ1) is 11.4. The molecule has 0 saturated heterocycles. The third-order valence-electron chi connectivity index (χ3n) is 2.09. The molecule has 0 spiro atoms. The lowest BCUT2D eigenvalue weighted by Gasteiger charge is -2.09. The van der Waals surface area contributed by atoms with Gasteiger partial charge in [0.1, 0.15) is 5.75 Å². The van der Waals surface area contributed by atoms with Crippen molar-refractivity contribution < 1.29 is 13.5 Å². The molecule has 1 aromatic carbocycles. The number of rotatable bonds is 4. The van der Waals surface area contributed by atoms with Gasteiger partial charge < -0.3 is 4.74 Å². The van der Waals surface area contributed by atoms with Crippen LogP contribution in [0.5, 0.6) is 5.75 Å². The van der Waals surface area contributed by atoms with Crippen LogP contribution in [0.1, 0.15) is 24.0 Å². The van der Waals surface area contributed by atoms with Gasteiger partial charge in [0.05, 0.1) is 13.2 Å². The van der Waals surface area contributed by atoms with Crippen molar-refractivity contribution in [3.63, 3.8) is 0 Å². The third kappa shape index (κ3) is 2.91. The summed E-state index contributed by atoms with van der Waals surface area (Å²) in [5.41, 5.74) is 0.456. The Kier molecular flexibility index (Phi) is 4.04. The van der Waals surface area contributed by atoms with Gasteiger partial charge in [0, 0.05) is 12.0 Å². The number of hydrogen-bond acceptors (Lipinski definition) is 2. The van der Waals surface area contributed by atoms with Gasteiger partial charge in [-0.2, -0.15) is 5.26 Å². The number of nitriles is 1. The maximum Gasteiger partial charge on any atom is 0.264 e. The summed E-state index contributed by atoms with van der Waals surface area (Å²) >= 11 is 0. The predicted octanol–water partition coefficient (Wildman–Crippen LogP) is 3.09. The van der Waals surface area contributed by atoms with Crippen LogP contribution in [0.3, 0.4) is 0 Å². The van der Waals surface area contributed by atoms with E-state index in [2.05, 4.69) is 0 Å². The molecule has 1 rings (SSSR count). The molecule has 0 aromatic heterocycles. The molecule has 80 valence electrons. The summed E-state index contributed by atoms with van der Waals surface area (Å²) in [6, 6.07) is 6.33. The molecule has 0 aliphatic rings. The van der Waals surface area contributed by atoms with Gasteiger partial charge in [-0.3, -0.25) is 0 Å². The Hall–Kier alpha value is -1.63. The average molecular weight is 211 g/mol. The minimum absolute atomic E-state index is 0.0222. The van der Waals surface area contributed by atoms with Crippen LogP contribution in [0.2, 0.25) is 0 Å². The topological polar surface area (TPSA) is 33.0 Å². The van der Waals surface area contributed by atoms with Gasteiger partial charge >= 0.3 is 0 Å². The SMILES string of the molecule is COc1ccc(C(F)F)c(CCC#N)c1. The van der Waals surface area contributed by atoms with Gasteiger partial charge in [-0.05, 0) is 30.2 Å². The quantitative estimate of drug-likeness (QED) is 0.766. The van der Waals surface area contributed by atoms with Crippen molar-refractivity contribution in [2.45, 2.75) is 19.3 Å². The molecule has 0 heterocycles. The highest BCUT2D eigenvalue weighted by Crippen LogP contribution is 2.27. The summed E-state index contributed by atoms with van der Waals surface area (Å²) in [5.74, 6) is 0.535. The first-order chi connectivity index (χ1) is 7.19. The fraction of sp³-hybridized carbons (Fsp3) is 0.364. The first-order valence-electron chi connectivity index (χ1n) is 4.51. The number of halogens is 2. The molecular formula is C11H11F2NO. The van der Waals surface area contributed by atoms with Crippen LogP contribution in [0, 0.1) is 11.3 Å². The number of benzene rings is 1. The molecule has 2 nitrogen and oxygen atoms in total. The Bertz CT molecular complexity index is 371. The van der Waals surface area contributed by atoms with Gasteiger partial charge in [-0.15, -0.1) is 0 Å². The molecule has 0 fully saturated rings. The van der Waals surface area contributed by atoms with E-state index in [4.69, 9.17) is 10.00 Å². The van der Waals surface area contributed by atoms with Crippen molar-refractivity contribution in [3.05, 3.63) is 29.3 Å². The van der Waals surface area contributed by atoms with Crippen LogP contribution in [0.4, 0.5) is 8.78 Å². The summed E-state index contributed by atoms with van der Waals surface area (Å²) < 4.78 is 30.1. The fourth-order valence-corrected chi connectivity index (χ4v) is 1.33. The highest BCUT2D eigenvalue weighted by atomic mass is 19.3. The fourth-order valence-electron chi connectivity index (χ4n) is 1.33. The zero-order valence-electron chi connectivity index (χ0n) is 8.34. The number of nitrogens with zero attached hydrogens (tertiary/aromatic N) is 1. The Balaban J connectivity index is 3.00. The number of aryl methyl sites for hydroxylation is 1. The standard InChI is InChI=1S/C11H11F2NO/c1-15-9-4-5-10(11(12)13)8(7-9)3-2-6-14/h4-5,7,11H,2-3H2,1H3. The largest absolute Gasteiger partial charge is 0.497 e. The van der Waals surface area contributed by atoms with Crippen molar-refractivity contribution in [2.75, 3.05) is 7.11 Å². The summed E-state index contributed by atoms with van der Waals surface area (Å²) in [5, 5.41) is 8.41. The molecule has 0 N–H and O–H groups in total. The van der Waals surface area contributed by atoms with Crippen molar-refractivity contribution in [1.82, 2.24) is 0 Å². The van der Waals surface area contributed by atoms with E-state index in [-0.39, 0.29) is 12.0 Å². The van der Waals surface area contributed by atoms with E-state index in [1.54, 1.807) is 6.07 Å². The second-order valence-electron chi connectivity index (χ2n) is 3.02. The second kappa shape index (κ2) is 5.30. The van der Waals surface area contributed by atoms with Crippen molar-refractivity contribution in [1.29, 1.82) is 5.26 Å². The molecule has 0 aliphatic carbocycles. The smallest absolute Gasteiger partial charge is 0.264 e. The maximum atomic E-state index is 12.6. The minimum atomic E-state index is -2.51. The normalized spacial score (nSPS) is 10.1. The Morgan fingerprint density at radius 1 is 1.47 bits per heavy atom. The second-order valence-corrected chi connectivity index (χ2v) is 3.02. The molecule has 4 heteroatoms. The maximum absolute atomic E-state index is 12.6. The van der Waals surface area contributed by atoms with Crippen LogP contribution in [0.15, 0.2) is 18.2 Å². The lowest BCUT2D eigenvalue weighted by molar-refractivity contribution is 0.150. The van der Waals surface area contributed by atoms with E-state index in [0.29, 0.717) is 17.7 Å². The number of alkyl halides is 2. The Labute approximate surface area is 87.1 Å². The van der Waals surface area contributed by atoms with Gasteiger partial charge in [0.15, 0.2) is 0 Å². The molecule has 1 aromatic rings. The molecule has 0 bridgehead atoms. The minimum Gasteiger partial charge on any atom is -0.497 e. The lowest BCUT2D eigenvalue weighted by Crippen LogP contribution is -1.96. The van der Waals surface area contributed by atoms with E-state index in [1.165, 1.54) is 19.2 Å². The molecule has 0 aliphatic heterocycles. The van der Waals surface area contributed by atoms with Gasteiger partial charge in [-0.1, -0.05) is 0 Å². The van der Waals surface area contributed by atoms with Crippen LogP contribution in [0.25, 0.3) is 0 Å². The van der Waals surface area contributed by atoms with Crippen molar-refractivity contribution in [2.24, 2.45) is 0 Å². The number of methoxy groups -OCH3 is 1. The molecular weight excluding hydrogens is 200 g/mol. The van der Waals surface area contributed by atoms with E-state index in [9.17, 15) is 8.78 Å². The van der Waals surface area contributed by atoms with Crippen LogP contribution in [-0.4, -0.2) is 7.11 Å². The molecule has 0 unspecified atom stereocenters. The van der Waals surface area contributed by atoms with E-state index >= 15 is 0 Å². The van der Waals surface area contributed by atoms with Gasteiger partial charge in [0.2, 0.25) is 0 Å². The first-order valence-corrected chi connectivity index (χ1v) is 4.51. The third-order valence-corrected chi connectivity index (χ3v) is 2.09. The average Bonchev–Trinajstić information content (AvgIpc) is 2.25. The summed E-state index contributed by atoms with van der Waals surface area (Å²) in [6.45, 7) is 0. The van der Waals surface area contributed by atoms with Crippen molar-refractivity contribution >= 4 is 0 Å². The summed E-state index contributed by atoms with van der Waals surface area (Å²) in [6.07, 6.45) is -1.95. The van der Waals surface area contributed by atoms with Crippen LogP contribution >= 0.6 is 0 Å². The van der Waals surface area contributed by atoms with E-state index in [1.807, 2.05) is 6.07 Å². The molecule has 15 heavy (non-hydrogen) atoms. The van der Waals surface area contributed by atoms with E-state index in [0.717, 1.165) is 0 Å². The highest BCUT2D eigenvalue weighted by Gasteiger charge is 2.13. The highest BCUT2D eigenvalue weighted by molar-refractivity contribution is 5.36. The number of hydrogen-bond donors (Lipinski definition) is 0. The lowest BCUT2D eigenvalue weighted by atomic mass is 10.0. The molecule has 0 saturated carbocycles. The zero-order chi connectivity index (χ0) is 11.3. The van der Waals surface area contributed by atoms with E-state index < -0.39 is 6.43 Å². The molecule has 0 radical (unpaired) electrons. The predicted molar refractivity (Wildman–Crippen MR) is 51.9 cm³/mol. The summed E-state index contributed by atoms with van der Waals surface area (Å²) in [4.78, 5) is 0. The number of ether oxygens (including phenoxy) is 1. The van der Waals surface area contributed by atoms with Crippen molar-refractivity contribution in [3.8, 4) is 11.8 Å². The molecule has 0 atom stereocenters. The summed E-state index contributed by atoms with van der Waals surface area (Å²) in [7, 11) is 1.48. The monoisotopic (exact) mass is 211 g/mol.